The van der Waals surface area contributed by atoms with Crippen LogP contribution in [0.5, 0.6) is 0 Å². The molecule has 0 amide bonds. The molecule has 1 rings (SSSR count). The normalized spacial score (nSPS) is 22.8. The Hall–Kier alpha value is 0.459. The Labute approximate surface area is 143 Å². The summed E-state index contributed by atoms with van der Waals surface area (Å²) in [5, 5.41) is 22.1. The van der Waals surface area contributed by atoms with Crippen LogP contribution in [-0.2, 0) is 13.1 Å². The fourth-order valence-corrected chi connectivity index (χ4v) is 1.63. The monoisotopic (exact) mass is 373 g/mol. The average Bonchev–Trinajstić information content (AvgIpc) is 2.48. The second-order valence-corrected chi connectivity index (χ2v) is 6.11. The molecule has 1 saturated heterocycles. The van der Waals surface area contributed by atoms with Gasteiger partial charge in [0.15, 0.2) is 0 Å². The third-order valence-electron chi connectivity index (χ3n) is 2.59. The molecule has 0 radical (unpaired) electrons. The molecule has 0 aromatic carbocycles. The topological polar surface area (TPSA) is 70.5 Å². The Balaban J connectivity index is 0.00000122. The van der Waals surface area contributed by atoms with Crippen LogP contribution >= 0.6 is 20.2 Å². The molecule has 0 bridgehead atoms. The molecule has 21 heavy (non-hydrogen) atoms. The van der Waals surface area contributed by atoms with Crippen molar-refractivity contribution in [2.75, 3.05) is 58.9 Å². The number of hydrogen-bond donors (Lipinski definition) is 0. The van der Waals surface area contributed by atoms with E-state index in [0.29, 0.717) is 13.0 Å². The van der Waals surface area contributed by atoms with E-state index in [9.17, 15) is 0 Å². The van der Waals surface area contributed by atoms with Gasteiger partial charge in [0.1, 0.15) is 0 Å². The van der Waals surface area contributed by atoms with E-state index in [4.69, 9.17) is 26.6 Å². The van der Waals surface area contributed by atoms with E-state index >= 15 is 0 Å². The molecule has 0 saturated carbocycles. The maximum atomic E-state index is 5.34. The summed E-state index contributed by atoms with van der Waals surface area (Å²) in [5.41, 5.74) is 0. The molecular formula is C13H22Cl2MnN5-5. The molecule has 0 aromatic rings. The van der Waals surface area contributed by atoms with Gasteiger partial charge in [-0.2, -0.15) is 58.9 Å². The van der Waals surface area contributed by atoms with Crippen molar-refractivity contribution in [1.82, 2.24) is 0 Å². The molecule has 8 heteroatoms. The molecule has 1 atom stereocenters. The number of nitrogens with zero attached hydrogens (tertiary/aromatic N) is 5. The first kappa shape index (κ1) is 21.5. The molecule has 1 unspecified atom stereocenters. The van der Waals surface area contributed by atoms with Crippen LogP contribution < -0.4 is 0 Å². The molecule has 5 nitrogen and oxygen atoms in total. The Morgan fingerprint density at radius 1 is 0.857 bits per heavy atom. The van der Waals surface area contributed by atoms with E-state index in [1.165, 1.54) is 0 Å². The van der Waals surface area contributed by atoms with Gasteiger partial charge in [0, 0.05) is 0 Å². The second-order valence-electron chi connectivity index (χ2n) is 4.16. The van der Waals surface area contributed by atoms with Gasteiger partial charge in [-0.3, -0.25) is 0 Å². The molecule has 0 spiro atoms. The number of hydrogen-bond acceptors (Lipinski definition) is 0. The zero-order valence-corrected chi connectivity index (χ0v) is 14.8. The Morgan fingerprint density at radius 2 is 1.29 bits per heavy atom. The van der Waals surface area contributed by atoms with Crippen molar-refractivity contribution < 1.29 is 13.1 Å². The second kappa shape index (κ2) is 18.5. The van der Waals surface area contributed by atoms with Gasteiger partial charge in [-0.25, -0.2) is 0 Å². The zero-order chi connectivity index (χ0) is 15.6. The molecule has 1 heterocycles. The predicted molar refractivity (Wildman–Crippen MR) is 89.5 cm³/mol. The third kappa shape index (κ3) is 16.7. The summed E-state index contributed by atoms with van der Waals surface area (Å²) in [4.78, 5) is 0. The van der Waals surface area contributed by atoms with E-state index in [1.807, 2.05) is 0 Å². The average molecular weight is 374 g/mol. The van der Waals surface area contributed by atoms with Gasteiger partial charge >= 0.3 is 33.3 Å². The van der Waals surface area contributed by atoms with Crippen molar-refractivity contribution in [3.05, 3.63) is 26.6 Å². The minimum atomic E-state index is 0.00694. The van der Waals surface area contributed by atoms with Crippen LogP contribution in [0.1, 0.15) is 6.42 Å². The zero-order valence-electron chi connectivity index (χ0n) is 12.1. The SMILES string of the molecule is C#CCC1C[N-]CC[N-]CC[N-]CC[N-]CC[N-]1.[Cl][Mn][Cl]. The van der Waals surface area contributed by atoms with E-state index in [-0.39, 0.29) is 19.2 Å². The van der Waals surface area contributed by atoms with Crippen molar-refractivity contribution in [1.29, 1.82) is 0 Å². The molecule has 0 aromatic heterocycles. The first-order valence-corrected chi connectivity index (χ1v) is 10.1. The van der Waals surface area contributed by atoms with Crippen LogP contribution in [0.3, 0.4) is 0 Å². The van der Waals surface area contributed by atoms with Crippen LogP contribution in [0, 0.1) is 12.3 Å². The van der Waals surface area contributed by atoms with E-state index in [2.05, 4.69) is 32.5 Å². The number of terminal acetylenes is 1. The van der Waals surface area contributed by atoms with Crippen molar-refractivity contribution in [3.63, 3.8) is 0 Å². The summed E-state index contributed by atoms with van der Waals surface area (Å²) in [7, 11) is 9.59. The van der Waals surface area contributed by atoms with E-state index in [1.54, 1.807) is 0 Å². The molecule has 1 aliphatic rings. The van der Waals surface area contributed by atoms with Crippen LogP contribution in [0.15, 0.2) is 0 Å². The summed E-state index contributed by atoms with van der Waals surface area (Å²) >= 11 is 0.00694. The van der Waals surface area contributed by atoms with Gasteiger partial charge in [-0.15, -0.1) is 18.4 Å². The fourth-order valence-electron chi connectivity index (χ4n) is 1.63. The number of rotatable bonds is 1. The van der Waals surface area contributed by atoms with E-state index < -0.39 is 0 Å². The number of halogens is 2. The molecule has 0 N–H and O–H groups in total. The van der Waals surface area contributed by atoms with Gasteiger partial charge in [0.05, 0.1) is 0 Å². The van der Waals surface area contributed by atoms with Crippen molar-refractivity contribution in [2.45, 2.75) is 12.5 Å². The third-order valence-corrected chi connectivity index (χ3v) is 2.59. The summed E-state index contributed by atoms with van der Waals surface area (Å²) < 4.78 is 0. The summed E-state index contributed by atoms with van der Waals surface area (Å²) in [5.74, 6) is 2.66. The molecule has 1 aliphatic heterocycles. The fraction of sp³-hybridized carbons (Fsp3) is 0.846. The molecular weight excluding hydrogens is 352 g/mol. The summed E-state index contributed by atoms with van der Waals surface area (Å²) in [6.07, 6.45) is 6.00. The summed E-state index contributed by atoms with van der Waals surface area (Å²) in [6.45, 7) is 6.96. The predicted octanol–water partition coefficient (Wildman–Crippen LogP) is 3.64. The quantitative estimate of drug-likeness (QED) is 0.497. The van der Waals surface area contributed by atoms with Crippen molar-refractivity contribution in [2.24, 2.45) is 0 Å². The van der Waals surface area contributed by atoms with E-state index in [0.717, 1.165) is 52.4 Å². The van der Waals surface area contributed by atoms with Crippen LogP contribution in [-0.4, -0.2) is 64.9 Å². The van der Waals surface area contributed by atoms with Gasteiger partial charge in [-0.1, -0.05) is 0 Å². The van der Waals surface area contributed by atoms with Gasteiger partial charge in [0.2, 0.25) is 0 Å². The maximum absolute atomic E-state index is 5.34. The Kier molecular flexibility index (Phi) is 18.9. The van der Waals surface area contributed by atoms with Gasteiger partial charge < -0.3 is 26.6 Å². The van der Waals surface area contributed by atoms with Gasteiger partial charge in [0.25, 0.3) is 0 Å². The minimum absolute atomic E-state index is 0.00694. The Morgan fingerprint density at radius 3 is 1.76 bits per heavy atom. The van der Waals surface area contributed by atoms with Gasteiger partial charge in [-0.05, 0) is 6.42 Å². The first-order chi connectivity index (χ1) is 10.3. The Bertz CT molecular complexity index is 237. The van der Waals surface area contributed by atoms with Crippen molar-refractivity contribution >= 4 is 20.2 Å². The van der Waals surface area contributed by atoms with Crippen molar-refractivity contribution in [3.8, 4) is 12.3 Å². The van der Waals surface area contributed by atoms with Crippen LogP contribution in [0.25, 0.3) is 26.6 Å². The van der Waals surface area contributed by atoms with Crippen LogP contribution in [0.4, 0.5) is 0 Å². The molecule has 125 valence electrons. The molecule has 1 fully saturated rings. The van der Waals surface area contributed by atoms with Crippen LogP contribution in [0.2, 0.25) is 0 Å². The first-order valence-electron chi connectivity index (χ1n) is 6.85. The molecule has 0 aliphatic carbocycles. The summed E-state index contributed by atoms with van der Waals surface area (Å²) in [6, 6.07) is 0.153. The standard InChI is InChI=1S/C13H22N5.2ClH.Mn/c1-2-3-13-12-17-9-8-15-5-4-14-6-7-16-10-11-18-13;;;/h1,13H,3-12H2;2*1H;/q-5;;;+2/p-2.